The SMILES string of the molecule is COc1ccc(NC(C)=O)cc1S(=O)(=O)N[C@@H](Cc1ccccc1)C(=O)[O-]. The second-order valence-electron chi connectivity index (χ2n) is 5.73. The lowest BCUT2D eigenvalue weighted by atomic mass is 10.1. The van der Waals surface area contributed by atoms with Crippen molar-refractivity contribution in [3.63, 3.8) is 0 Å². The Balaban J connectivity index is 2.35. The maximum Gasteiger partial charge on any atom is 0.244 e. The topological polar surface area (TPSA) is 125 Å². The Bertz CT molecular complexity index is 928. The first-order valence-electron chi connectivity index (χ1n) is 7.95. The van der Waals surface area contributed by atoms with Crippen LogP contribution in [0.4, 0.5) is 5.69 Å². The Morgan fingerprint density at radius 3 is 2.37 bits per heavy atom. The van der Waals surface area contributed by atoms with Crippen LogP contribution in [0.2, 0.25) is 0 Å². The average molecular weight is 391 g/mol. The van der Waals surface area contributed by atoms with Gasteiger partial charge in [-0.3, -0.25) is 4.79 Å². The summed E-state index contributed by atoms with van der Waals surface area (Å²) in [5, 5.41) is 13.9. The lowest BCUT2D eigenvalue weighted by Crippen LogP contribution is -2.49. The molecule has 0 saturated carbocycles. The van der Waals surface area contributed by atoms with Crippen molar-refractivity contribution in [1.29, 1.82) is 0 Å². The van der Waals surface area contributed by atoms with Gasteiger partial charge in [0.25, 0.3) is 0 Å². The first kappa shape index (κ1) is 20.4. The molecule has 9 heteroatoms. The summed E-state index contributed by atoms with van der Waals surface area (Å²) in [4.78, 5) is 22.4. The van der Waals surface area contributed by atoms with Gasteiger partial charge in [0.2, 0.25) is 15.9 Å². The van der Waals surface area contributed by atoms with E-state index in [0.717, 1.165) is 0 Å². The number of carboxylic acids is 1. The molecular weight excluding hydrogens is 372 g/mol. The molecule has 2 aromatic rings. The molecule has 1 atom stereocenters. The molecule has 0 aliphatic rings. The fourth-order valence-electron chi connectivity index (χ4n) is 2.44. The van der Waals surface area contributed by atoms with Crippen molar-refractivity contribution < 1.29 is 27.9 Å². The molecule has 0 unspecified atom stereocenters. The van der Waals surface area contributed by atoms with E-state index in [2.05, 4.69) is 10.0 Å². The molecule has 27 heavy (non-hydrogen) atoms. The molecule has 0 spiro atoms. The Morgan fingerprint density at radius 2 is 1.81 bits per heavy atom. The van der Waals surface area contributed by atoms with Crippen LogP contribution in [-0.2, 0) is 26.0 Å². The summed E-state index contributed by atoms with van der Waals surface area (Å²) >= 11 is 0. The van der Waals surface area contributed by atoms with Gasteiger partial charge in [0.15, 0.2) is 0 Å². The molecule has 0 aliphatic carbocycles. The zero-order valence-electron chi connectivity index (χ0n) is 14.8. The lowest BCUT2D eigenvalue weighted by molar-refractivity contribution is -0.307. The van der Waals surface area contributed by atoms with E-state index >= 15 is 0 Å². The van der Waals surface area contributed by atoms with Crippen LogP contribution < -0.4 is 19.9 Å². The third kappa shape index (κ3) is 5.53. The molecule has 0 heterocycles. The second-order valence-corrected chi connectivity index (χ2v) is 7.41. The summed E-state index contributed by atoms with van der Waals surface area (Å²) in [7, 11) is -2.99. The van der Waals surface area contributed by atoms with Gasteiger partial charge < -0.3 is 20.0 Å². The van der Waals surface area contributed by atoms with Gasteiger partial charge in [0.05, 0.1) is 19.1 Å². The predicted molar refractivity (Wildman–Crippen MR) is 96.6 cm³/mol. The monoisotopic (exact) mass is 391 g/mol. The average Bonchev–Trinajstić information content (AvgIpc) is 2.61. The van der Waals surface area contributed by atoms with Crippen molar-refractivity contribution in [1.82, 2.24) is 4.72 Å². The van der Waals surface area contributed by atoms with Crippen LogP contribution in [0.5, 0.6) is 5.75 Å². The number of sulfonamides is 1. The summed E-state index contributed by atoms with van der Waals surface area (Å²) in [5.74, 6) is -1.93. The molecule has 0 aromatic heterocycles. The van der Waals surface area contributed by atoms with Gasteiger partial charge in [-0.2, -0.15) is 0 Å². The number of anilines is 1. The van der Waals surface area contributed by atoms with E-state index in [1.807, 2.05) is 0 Å². The summed E-state index contributed by atoms with van der Waals surface area (Å²) in [5.41, 5.74) is 0.866. The number of hydrogen-bond acceptors (Lipinski definition) is 6. The van der Waals surface area contributed by atoms with Crippen LogP contribution in [0.3, 0.4) is 0 Å². The van der Waals surface area contributed by atoms with Gasteiger partial charge in [-0.05, 0) is 30.2 Å². The number of hydrogen-bond donors (Lipinski definition) is 2. The van der Waals surface area contributed by atoms with E-state index in [0.29, 0.717) is 5.56 Å². The standard InChI is InChI=1S/C18H20N2O6S/c1-12(21)19-14-8-9-16(26-2)17(11-14)27(24,25)20-15(18(22)23)10-13-6-4-3-5-7-13/h3-9,11,15,20H,10H2,1-2H3,(H,19,21)(H,22,23)/p-1/t15-/m0/s1. The van der Waals surface area contributed by atoms with E-state index in [4.69, 9.17) is 4.74 Å². The third-order valence-electron chi connectivity index (χ3n) is 3.64. The molecule has 1 amide bonds. The lowest BCUT2D eigenvalue weighted by Gasteiger charge is -2.21. The molecule has 2 rings (SSSR count). The number of aliphatic carboxylic acids is 1. The number of methoxy groups -OCH3 is 1. The Kier molecular flexibility index (Phi) is 6.54. The van der Waals surface area contributed by atoms with E-state index in [1.54, 1.807) is 30.3 Å². The Hall–Kier alpha value is -2.91. The first-order valence-corrected chi connectivity index (χ1v) is 9.44. The molecule has 144 valence electrons. The van der Waals surface area contributed by atoms with Crippen LogP contribution in [0, 0.1) is 0 Å². The molecule has 8 nitrogen and oxygen atoms in total. The van der Waals surface area contributed by atoms with Crippen LogP contribution in [0.1, 0.15) is 12.5 Å². The fourth-order valence-corrected chi connectivity index (χ4v) is 3.82. The van der Waals surface area contributed by atoms with Crippen LogP contribution in [-0.4, -0.2) is 33.4 Å². The van der Waals surface area contributed by atoms with Crippen molar-refractivity contribution in [3.05, 3.63) is 54.1 Å². The van der Waals surface area contributed by atoms with Crippen LogP contribution in [0.25, 0.3) is 0 Å². The van der Waals surface area contributed by atoms with Crippen molar-refractivity contribution >= 4 is 27.6 Å². The number of nitrogens with one attached hydrogen (secondary N) is 2. The van der Waals surface area contributed by atoms with E-state index < -0.39 is 22.0 Å². The molecule has 2 N–H and O–H groups in total. The van der Waals surface area contributed by atoms with Crippen molar-refractivity contribution in [2.45, 2.75) is 24.3 Å². The van der Waals surface area contributed by atoms with Gasteiger partial charge in [-0.15, -0.1) is 0 Å². The van der Waals surface area contributed by atoms with Crippen LogP contribution in [0.15, 0.2) is 53.4 Å². The van der Waals surface area contributed by atoms with Gasteiger partial charge in [-0.25, -0.2) is 13.1 Å². The zero-order chi connectivity index (χ0) is 20.0. The number of carboxylic acid groups (broad SMARTS) is 1. The number of benzene rings is 2. The smallest absolute Gasteiger partial charge is 0.244 e. The third-order valence-corrected chi connectivity index (χ3v) is 5.13. The second kappa shape index (κ2) is 8.65. The summed E-state index contributed by atoms with van der Waals surface area (Å²) < 4.78 is 32.7. The highest BCUT2D eigenvalue weighted by atomic mass is 32.2. The predicted octanol–water partition coefficient (Wildman–Crippen LogP) is 0.293. The summed E-state index contributed by atoms with van der Waals surface area (Å²) in [6, 6.07) is 11.1. The quantitative estimate of drug-likeness (QED) is 0.667. The Morgan fingerprint density at radius 1 is 1.15 bits per heavy atom. The number of carbonyl (C=O) groups excluding carboxylic acids is 2. The van der Waals surface area contributed by atoms with E-state index in [-0.39, 0.29) is 28.7 Å². The van der Waals surface area contributed by atoms with Gasteiger partial charge in [0.1, 0.15) is 10.6 Å². The number of amides is 1. The van der Waals surface area contributed by atoms with Gasteiger partial charge >= 0.3 is 0 Å². The molecule has 0 aliphatic heterocycles. The highest BCUT2D eigenvalue weighted by Gasteiger charge is 2.25. The molecule has 0 fully saturated rings. The molecular formula is C18H19N2O6S-. The number of ether oxygens (including phenoxy) is 1. The summed E-state index contributed by atoms with van der Waals surface area (Å²) in [6.45, 7) is 1.28. The highest BCUT2D eigenvalue weighted by molar-refractivity contribution is 7.89. The maximum absolute atomic E-state index is 12.8. The largest absolute Gasteiger partial charge is 0.548 e. The summed E-state index contributed by atoms with van der Waals surface area (Å²) in [6.07, 6.45) is -0.0872. The minimum Gasteiger partial charge on any atom is -0.548 e. The molecule has 0 bridgehead atoms. The fraction of sp³-hybridized carbons (Fsp3) is 0.222. The zero-order valence-corrected chi connectivity index (χ0v) is 15.6. The van der Waals surface area contributed by atoms with E-state index in [1.165, 1.54) is 32.2 Å². The molecule has 2 aromatic carbocycles. The maximum atomic E-state index is 12.8. The van der Waals surface area contributed by atoms with Gasteiger partial charge in [0, 0.05) is 12.6 Å². The number of rotatable bonds is 8. The number of carbonyl (C=O) groups is 2. The van der Waals surface area contributed by atoms with Gasteiger partial charge in [-0.1, -0.05) is 30.3 Å². The van der Waals surface area contributed by atoms with E-state index in [9.17, 15) is 23.1 Å². The minimum absolute atomic E-state index is 0.00779. The normalized spacial score (nSPS) is 12.2. The van der Waals surface area contributed by atoms with Crippen molar-refractivity contribution in [2.75, 3.05) is 12.4 Å². The highest BCUT2D eigenvalue weighted by Crippen LogP contribution is 2.27. The van der Waals surface area contributed by atoms with Crippen molar-refractivity contribution in [2.24, 2.45) is 0 Å². The molecule has 0 saturated heterocycles. The van der Waals surface area contributed by atoms with Crippen molar-refractivity contribution in [3.8, 4) is 5.75 Å². The first-order chi connectivity index (χ1) is 12.7. The Labute approximate surface area is 157 Å². The minimum atomic E-state index is -4.27. The van der Waals surface area contributed by atoms with Crippen LogP contribution >= 0.6 is 0 Å². The molecule has 0 radical (unpaired) electrons.